The van der Waals surface area contributed by atoms with Gasteiger partial charge in [-0.15, -0.1) is 0 Å². The summed E-state index contributed by atoms with van der Waals surface area (Å²) in [6.45, 7) is 0. The number of imidazole rings is 1. The van der Waals surface area contributed by atoms with Crippen molar-refractivity contribution in [3.63, 3.8) is 0 Å². The van der Waals surface area contributed by atoms with Crippen molar-refractivity contribution in [3.8, 4) is 0 Å². The van der Waals surface area contributed by atoms with Crippen LogP contribution in [-0.4, -0.2) is 27.5 Å². The van der Waals surface area contributed by atoms with Crippen molar-refractivity contribution < 1.29 is 17.5 Å². The van der Waals surface area contributed by atoms with Crippen LogP contribution in [0.2, 0.25) is 0 Å². The fraction of sp³-hybridized carbons (Fsp3) is 0. The maximum Gasteiger partial charge on any atom is 0.525 e. The molecule has 0 bridgehead atoms. The van der Waals surface area contributed by atoms with Crippen molar-refractivity contribution >= 4 is 16.3 Å². The Kier molecular flexibility index (Phi) is 3.84. The molecule has 9 heteroatoms. The van der Waals surface area contributed by atoms with E-state index >= 15 is 0 Å². The molecule has 0 saturated carbocycles. The van der Waals surface area contributed by atoms with E-state index in [9.17, 15) is 0 Å². The summed E-state index contributed by atoms with van der Waals surface area (Å²) in [6.07, 6.45) is 3.09. The van der Waals surface area contributed by atoms with Crippen molar-refractivity contribution in [2.24, 2.45) is 0 Å². The summed E-state index contributed by atoms with van der Waals surface area (Å²) in [6, 6.07) is 0. The maximum atomic E-state index is 8.63. The van der Waals surface area contributed by atoms with Gasteiger partial charge in [0.1, 0.15) is 6.20 Å². The van der Waals surface area contributed by atoms with Gasteiger partial charge in [0.05, 0.1) is 11.6 Å². The van der Waals surface area contributed by atoms with Crippen LogP contribution in [-0.2, 0) is 10.4 Å². The molecule has 1 rings (SSSR count). The van der Waals surface area contributed by atoms with E-state index in [1.807, 2.05) is 0 Å². The Hall–Kier alpha value is -1.50. The van der Waals surface area contributed by atoms with E-state index in [2.05, 4.69) is 14.9 Å². The van der Waals surface area contributed by atoms with E-state index in [0.717, 1.165) is 0 Å². The molecule has 8 nitrogen and oxygen atoms in total. The molecular formula is C3H4N4O4S. The van der Waals surface area contributed by atoms with E-state index in [1.165, 1.54) is 6.20 Å². The summed E-state index contributed by atoms with van der Waals surface area (Å²) in [5, 5.41) is 7.96. The summed E-state index contributed by atoms with van der Waals surface area (Å²) >= 11 is 0. The normalized spacial score (nSPS) is 9.42. The van der Waals surface area contributed by atoms with Gasteiger partial charge in [-0.1, -0.05) is 4.98 Å². The van der Waals surface area contributed by atoms with Crippen LogP contribution in [0.15, 0.2) is 12.4 Å². The summed E-state index contributed by atoms with van der Waals surface area (Å²) in [5.74, 6) is 0.236. The van der Waals surface area contributed by atoms with Crippen molar-refractivity contribution in [1.29, 1.82) is 5.39 Å². The fourth-order valence-electron chi connectivity index (χ4n) is 0.312. The van der Waals surface area contributed by atoms with Gasteiger partial charge in [-0.2, -0.15) is 0 Å². The molecule has 0 saturated heterocycles. The fourth-order valence-corrected chi connectivity index (χ4v) is 0.312. The molecule has 1 aromatic heterocycles. The van der Waals surface area contributed by atoms with Gasteiger partial charge in [0.2, 0.25) is 10.4 Å². The average Bonchev–Trinajstić information content (AvgIpc) is 2.33. The second-order valence-electron chi connectivity index (χ2n) is 1.44. The number of hydrogen-bond donors (Lipinski definition) is 2. The highest BCUT2D eigenvalue weighted by molar-refractivity contribution is 7.79. The van der Waals surface area contributed by atoms with E-state index in [4.69, 9.17) is 22.9 Å². The molecule has 66 valence electrons. The highest BCUT2D eigenvalue weighted by Crippen LogP contribution is 1.96. The lowest BCUT2D eigenvalue weighted by molar-refractivity contribution is 0.366. The molecular weight excluding hydrogens is 188 g/mol. The minimum Gasteiger partial charge on any atom is -0.726 e. The lowest BCUT2D eigenvalue weighted by Crippen LogP contribution is -1.90. The summed E-state index contributed by atoms with van der Waals surface area (Å²) < 4.78 is 32.8. The number of H-pyrrole nitrogens is 1. The van der Waals surface area contributed by atoms with Crippen molar-refractivity contribution in [2.45, 2.75) is 0 Å². The SMILES string of the molecule is N#[N+]c1ncc[nH]1.O=S(=O)([O-])O. The predicted octanol–water partition coefficient (Wildman–Crippen LogP) is -0.101. The number of aromatic nitrogens is 2. The number of nitrogens with zero attached hydrogens (tertiary/aromatic N) is 3. The Bertz CT molecular complexity index is 340. The Morgan fingerprint density at radius 1 is 1.75 bits per heavy atom. The zero-order chi connectivity index (χ0) is 9.61. The molecule has 0 spiro atoms. The average molecular weight is 192 g/mol. The third-order valence-electron chi connectivity index (χ3n) is 0.579. The maximum absolute atomic E-state index is 8.63. The van der Waals surface area contributed by atoms with Gasteiger partial charge in [-0.05, 0) is 4.98 Å². The number of diazo groups is 1. The third kappa shape index (κ3) is 8.50. The first-order valence-electron chi connectivity index (χ1n) is 2.46. The second kappa shape index (κ2) is 4.39. The first kappa shape index (κ1) is 10.5. The number of hydrogen-bond acceptors (Lipinski definition) is 5. The molecule has 0 radical (unpaired) electrons. The van der Waals surface area contributed by atoms with Crippen LogP contribution >= 0.6 is 0 Å². The van der Waals surface area contributed by atoms with Crippen molar-refractivity contribution in [2.75, 3.05) is 0 Å². The molecule has 0 fully saturated rings. The van der Waals surface area contributed by atoms with Crippen LogP contribution in [0.5, 0.6) is 0 Å². The van der Waals surface area contributed by atoms with Crippen molar-refractivity contribution in [1.82, 2.24) is 9.97 Å². The van der Waals surface area contributed by atoms with Crippen LogP contribution in [0.3, 0.4) is 0 Å². The van der Waals surface area contributed by atoms with E-state index < -0.39 is 10.4 Å². The van der Waals surface area contributed by atoms with E-state index in [0.29, 0.717) is 0 Å². The molecule has 0 aromatic carbocycles. The number of rotatable bonds is 0. The van der Waals surface area contributed by atoms with E-state index in [1.54, 1.807) is 6.20 Å². The molecule has 1 aromatic rings. The van der Waals surface area contributed by atoms with E-state index in [-0.39, 0.29) is 5.95 Å². The van der Waals surface area contributed by atoms with Gasteiger partial charge in [0.25, 0.3) is 0 Å². The minimum atomic E-state index is -4.92. The molecule has 0 aliphatic heterocycles. The van der Waals surface area contributed by atoms with Gasteiger partial charge in [0.15, 0.2) is 0 Å². The first-order valence-corrected chi connectivity index (χ1v) is 3.83. The number of nitrogens with one attached hydrogen (secondary N) is 1. The van der Waals surface area contributed by atoms with Crippen LogP contribution in [0.1, 0.15) is 0 Å². The zero-order valence-electron chi connectivity index (χ0n) is 5.58. The first-order chi connectivity index (χ1) is 5.43. The second-order valence-corrected chi connectivity index (χ2v) is 2.30. The van der Waals surface area contributed by atoms with Gasteiger partial charge in [0, 0.05) is 0 Å². The summed E-state index contributed by atoms with van der Waals surface area (Å²) in [4.78, 5) is 8.89. The summed E-state index contributed by atoms with van der Waals surface area (Å²) in [7, 11) is -4.92. The lowest BCUT2D eigenvalue weighted by atomic mass is 11.0. The third-order valence-corrected chi connectivity index (χ3v) is 0.579. The van der Waals surface area contributed by atoms with Gasteiger partial charge in [-0.3, -0.25) is 4.55 Å². The Labute approximate surface area is 67.5 Å². The van der Waals surface area contributed by atoms with Gasteiger partial charge in [-0.25, -0.2) is 13.4 Å². The largest absolute Gasteiger partial charge is 0.726 e. The molecule has 0 atom stereocenters. The van der Waals surface area contributed by atoms with Crippen LogP contribution < -0.4 is 0 Å². The topological polar surface area (TPSA) is 134 Å². The smallest absolute Gasteiger partial charge is 0.525 e. The Morgan fingerprint density at radius 3 is 2.42 bits per heavy atom. The molecule has 0 aliphatic rings. The standard InChI is InChI=1S/C3H3N4.H2O4S/c4-7-3-5-1-2-6-3;1-5(2,3)4/h1-2H,(H,5,6);(H2,1,2,3,4)/q+1;/p-1. The quantitative estimate of drug-likeness (QED) is 0.334. The number of aromatic amines is 1. The van der Waals surface area contributed by atoms with Crippen LogP contribution in [0.25, 0.3) is 4.98 Å². The molecule has 1 heterocycles. The van der Waals surface area contributed by atoms with Crippen LogP contribution in [0.4, 0.5) is 5.95 Å². The Balaban J connectivity index is 0.000000217. The highest BCUT2D eigenvalue weighted by atomic mass is 32.3. The molecule has 2 N–H and O–H groups in total. The molecule has 0 amide bonds. The molecule has 0 unspecified atom stereocenters. The van der Waals surface area contributed by atoms with Crippen molar-refractivity contribution in [3.05, 3.63) is 17.4 Å². The zero-order valence-corrected chi connectivity index (χ0v) is 6.39. The highest BCUT2D eigenvalue weighted by Gasteiger charge is 1.98. The summed E-state index contributed by atoms with van der Waals surface area (Å²) in [5.41, 5.74) is 0. The predicted molar refractivity (Wildman–Crippen MR) is 35.7 cm³/mol. The molecule has 0 aliphatic carbocycles. The lowest BCUT2D eigenvalue weighted by Gasteiger charge is -1.88. The molecule has 12 heavy (non-hydrogen) atoms. The van der Waals surface area contributed by atoms with Crippen LogP contribution in [0, 0.1) is 5.39 Å². The Morgan fingerprint density at radius 2 is 2.25 bits per heavy atom. The monoisotopic (exact) mass is 192 g/mol. The minimum absolute atomic E-state index is 0.236. The van der Waals surface area contributed by atoms with Gasteiger partial charge < -0.3 is 4.55 Å². The van der Waals surface area contributed by atoms with Gasteiger partial charge >= 0.3 is 5.95 Å².